The number of pyridine rings is 1. The van der Waals surface area contributed by atoms with Crippen molar-refractivity contribution < 1.29 is 9.32 Å². The Morgan fingerprint density at radius 2 is 2.21 bits per heavy atom. The van der Waals surface area contributed by atoms with Gasteiger partial charge in [-0.15, -0.1) is 0 Å². The highest BCUT2D eigenvalue weighted by Gasteiger charge is 2.31. The van der Waals surface area contributed by atoms with Gasteiger partial charge in [0.2, 0.25) is 0 Å². The zero-order valence-electron chi connectivity index (χ0n) is 14.2. The molecule has 1 aliphatic carbocycles. The smallest absolute Gasteiger partial charge is 0.276 e. The lowest BCUT2D eigenvalue weighted by molar-refractivity contribution is 0.0723. The van der Waals surface area contributed by atoms with Crippen LogP contribution in [0.5, 0.6) is 0 Å². The van der Waals surface area contributed by atoms with Gasteiger partial charge in [0.1, 0.15) is 5.76 Å². The molecule has 2 aliphatic rings. The van der Waals surface area contributed by atoms with E-state index in [0.717, 1.165) is 37.1 Å². The summed E-state index contributed by atoms with van der Waals surface area (Å²) in [6, 6.07) is 1.82. The van der Waals surface area contributed by atoms with Gasteiger partial charge in [-0.25, -0.2) is 0 Å². The number of hydrogen-bond acceptors (Lipinski definition) is 5. The second-order valence-corrected chi connectivity index (χ2v) is 7.04. The molecule has 2 aromatic heterocycles. The predicted octanol–water partition coefficient (Wildman–Crippen LogP) is 2.21. The van der Waals surface area contributed by atoms with Crippen molar-refractivity contribution in [2.24, 2.45) is 0 Å². The molecule has 0 unspecified atom stereocenters. The van der Waals surface area contributed by atoms with E-state index in [9.17, 15) is 4.79 Å². The van der Waals surface area contributed by atoms with E-state index in [1.165, 1.54) is 11.1 Å². The van der Waals surface area contributed by atoms with E-state index in [0.29, 0.717) is 24.7 Å². The molecule has 4 rings (SSSR count). The first kappa shape index (κ1) is 15.3. The molecule has 6 heteroatoms. The van der Waals surface area contributed by atoms with Crippen LogP contribution in [-0.4, -0.2) is 46.5 Å². The van der Waals surface area contributed by atoms with Crippen molar-refractivity contribution in [2.75, 3.05) is 20.6 Å². The third-order valence-corrected chi connectivity index (χ3v) is 4.73. The van der Waals surface area contributed by atoms with Crippen LogP contribution in [0.1, 0.15) is 51.7 Å². The Morgan fingerprint density at radius 3 is 2.96 bits per heavy atom. The third kappa shape index (κ3) is 2.94. The van der Waals surface area contributed by atoms with Crippen molar-refractivity contribution >= 4 is 5.91 Å². The fourth-order valence-corrected chi connectivity index (χ4v) is 3.33. The minimum absolute atomic E-state index is 0.0469. The summed E-state index contributed by atoms with van der Waals surface area (Å²) in [5.41, 5.74) is 4.15. The molecule has 0 atom stereocenters. The number of hydrogen-bond donors (Lipinski definition) is 0. The Hall–Kier alpha value is -2.21. The molecule has 126 valence electrons. The predicted molar refractivity (Wildman–Crippen MR) is 88.6 cm³/mol. The number of amides is 1. The normalized spacial score (nSPS) is 17.2. The largest absolute Gasteiger partial charge is 0.360 e. The number of nitrogens with zero attached hydrogens (tertiary/aromatic N) is 4. The topological polar surface area (TPSA) is 62.5 Å². The molecule has 1 fully saturated rings. The summed E-state index contributed by atoms with van der Waals surface area (Å²) in [5.74, 6) is 1.28. The van der Waals surface area contributed by atoms with Crippen LogP contribution < -0.4 is 0 Å². The first-order chi connectivity index (χ1) is 11.6. The summed E-state index contributed by atoms with van der Waals surface area (Å²) in [5, 5.41) is 3.98. The maximum Gasteiger partial charge on any atom is 0.276 e. The molecule has 0 spiro atoms. The highest BCUT2D eigenvalue weighted by molar-refractivity contribution is 5.92. The van der Waals surface area contributed by atoms with Crippen molar-refractivity contribution in [1.29, 1.82) is 0 Å². The first-order valence-corrected chi connectivity index (χ1v) is 8.47. The summed E-state index contributed by atoms with van der Waals surface area (Å²) in [6.07, 6.45) is 6.96. The third-order valence-electron chi connectivity index (χ3n) is 4.73. The van der Waals surface area contributed by atoms with E-state index in [-0.39, 0.29) is 5.91 Å². The molecule has 0 saturated heterocycles. The van der Waals surface area contributed by atoms with E-state index >= 15 is 0 Å². The molecule has 6 nitrogen and oxygen atoms in total. The molecule has 24 heavy (non-hydrogen) atoms. The van der Waals surface area contributed by atoms with Crippen molar-refractivity contribution in [3.8, 4) is 0 Å². The number of carbonyl (C=O) groups excluding carboxylic acids is 1. The van der Waals surface area contributed by atoms with E-state index in [2.05, 4.69) is 29.1 Å². The molecular formula is C18H22N4O2. The van der Waals surface area contributed by atoms with Crippen molar-refractivity contribution in [3.63, 3.8) is 0 Å². The van der Waals surface area contributed by atoms with Gasteiger partial charge in [0.15, 0.2) is 5.69 Å². The van der Waals surface area contributed by atoms with Crippen LogP contribution in [0.2, 0.25) is 0 Å². The number of fused-ring (bicyclic) bond motifs is 1. The van der Waals surface area contributed by atoms with Gasteiger partial charge in [-0.1, -0.05) is 5.16 Å². The van der Waals surface area contributed by atoms with Crippen LogP contribution in [-0.2, 0) is 19.5 Å². The van der Waals surface area contributed by atoms with Gasteiger partial charge in [-0.2, -0.15) is 0 Å². The van der Waals surface area contributed by atoms with E-state index in [1.54, 1.807) is 0 Å². The maximum atomic E-state index is 12.7. The van der Waals surface area contributed by atoms with Crippen LogP contribution in [0, 0.1) is 0 Å². The number of carbonyl (C=O) groups is 1. The fourth-order valence-electron chi connectivity index (χ4n) is 3.33. The molecule has 1 amide bonds. The highest BCUT2D eigenvalue weighted by atomic mass is 16.5. The van der Waals surface area contributed by atoms with Crippen molar-refractivity contribution in [3.05, 3.63) is 46.6 Å². The van der Waals surface area contributed by atoms with Gasteiger partial charge < -0.3 is 14.3 Å². The quantitative estimate of drug-likeness (QED) is 0.862. The number of aromatic nitrogens is 2. The Bertz CT molecular complexity index is 764. The van der Waals surface area contributed by atoms with Crippen molar-refractivity contribution in [1.82, 2.24) is 19.9 Å². The molecule has 0 bridgehead atoms. The average molecular weight is 326 g/mol. The lowest BCUT2D eigenvalue weighted by atomic mass is 9.96. The zero-order valence-corrected chi connectivity index (χ0v) is 14.2. The Kier molecular flexibility index (Phi) is 3.84. The molecular weight excluding hydrogens is 304 g/mol. The Balaban J connectivity index is 1.52. The van der Waals surface area contributed by atoms with Gasteiger partial charge in [-0.05, 0) is 50.0 Å². The highest BCUT2D eigenvalue weighted by Crippen LogP contribution is 2.40. The second-order valence-electron chi connectivity index (χ2n) is 7.04. The summed E-state index contributed by atoms with van der Waals surface area (Å²) < 4.78 is 5.32. The van der Waals surface area contributed by atoms with E-state index < -0.39 is 0 Å². The molecule has 0 radical (unpaired) electrons. The molecule has 1 saturated carbocycles. The molecule has 0 aromatic carbocycles. The minimum atomic E-state index is -0.0469. The van der Waals surface area contributed by atoms with Crippen LogP contribution in [0.15, 0.2) is 23.0 Å². The van der Waals surface area contributed by atoms with Crippen molar-refractivity contribution in [2.45, 2.75) is 38.3 Å². The molecule has 3 heterocycles. The van der Waals surface area contributed by atoms with E-state index in [4.69, 9.17) is 4.52 Å². The van der Waals surface area contributed by atoms with E-state index in [1.807, 2.05) is 23.4 Å². The maximum absolute atomic E-state index is 12.7. The van der Waals surface area contributed by atoms with Gasteiger partial charge in [0.05, 0.1) is 0 Å². The van der Waals surface area contributed by atoms with Crippen LogP contribution >= 0.6 is 0 Å². The first-order valence-electron chi connectivity index (χ1n) is 8.47. The fraction of sp³-hybridized carbons (Fsp3) is 0.500. The summed E-state index contributed by atoms with van der Waals surface area (Å²) in [7, 11) is 4.11. The summed E-state index contributed by atoms with van der Waals surface area (Å²) in [4.78, 5) is 21.0. The summed E-state index contributed by atoms with van der Waals surface area (Å²) in [6.45, 7) is 2.17. The Labute approximate surface area is 141 Å². The lowest BCUT2D eigenvalue weighted by Crippen LogP contribution is -2.36. The van der Waals surface area contributed by atoms with Gasteiger partial charge >= 0.3 is 0 Å². The van der Waals surface area contributed by atoms with Gasteiger partial charge in [-0.3, -0.25) is 9.78 Å². The zero-order chi connectivity index (χ0) is 16.7. The Morgan fingerprint density at radius 1 is 1.38 bits per heavy atom. The SMILES string of the molecule is CN(C)Cc1cncc2c1CCN(C(=O)c1cc(C3CC3)on1)C2. The molecule has 1 aliphatic heterocycles. The van der Waals surface area contributed by atoms with Gasteiger partial charge in [0, 0.05) is 44.0 Å². The average Bonchev–Trinajstić information content (AvgIpc) is 3.31. The number of rotatable bonds is 4. The van der Waals surface area contributed by atoms with Crippen LogP contribution in [0.3, 0.4) is 0 Å². The lowest BCUT2D eigenvalue weighted by Gasteiger charge is -2.29. The summed E-state index contributed by atoms with van der Waals surface area (Å²) >= 11 is 0. The second kappa shape index (κ2) is 6.02. The van der Waals surface area contributed by atoms with Crippen LogP contribution in [0.4, 0.5) is 0 Å². The standard InChI is InChI=1S/C18H22N4O2/c1-21(2)10-13-8-19-9-14-11-22(6-5-15(13)14)18(23)16-7-17(24-20-16)12-3-4-12/h7-9,12H,3-6,10-11H2,1-2H3. The van der Waals surface area contributed by atoms with Crippen LogP contribution in [0.25, 0.3) is 0 Å². The minimum Gasteiger partial charge on any atom is -0.360 e. The van der Waals surface area contributed by atoms with Gasteiger partial charge in [0.25, 0.3) is 5.91 Å². The molecule has 0 N–H and O–H groups in total. The monoisotopic (exact) mass is 326 g/mol. The molecule has 2 aromatic rings.